The zero-order chi connectivity index (χ0) is 23.1. The van der Waals surface area contributed by atoms with Crippen LogP contribution in [0.1, 0.15) is 48.4 Å². The molecule has 0 unspecified atom stereocenters. The van der Waals surface area contributed by atoms with E-state index < -0.39 is 11.4 Å². The number of hydrogen-bond donors (Lipinski definition) is 1. The first-order chi connectivity index (χ1) is 15.4. The molecule has 0 aliphatic rings. The summed E-state index contributed by atoms with van der Waals surface area (Å²) in [6, 6.07) is 8.12. The number of carbonyl (C=O) groups is 2. The average molecular weight is 474 g/mol. The van der Waals surface area contributed by atoms with Crippen molar-refractivity contribution in [2.24, 2.45) is 5.92 Å². The van der Waals surface area contributed by atoms with Crippen LogP contribution in [0.25, 0.3) is 0 Å². The largest absolute Gasteiger partial charge is 0.464 e. The van der Waals surface area contributed by atoms with Crippen LogP contribution in [0.2, 0.25) is 0 Å². The molecule has 0 aliphatic carbocycles. The van der Waals surface area contributed by atoms with Gasteiger partial charge in [-0.25, -0.2) is 4.79 Å². The Morgan fingerprint density at radius 1 is 1.19 bits per heavy atom. The van der Waals surface area contributed by atoms with E-state index in [1.165, 1.54) is 29.2 Å². The lowest BCUT2D eigenvalue weighted by Crippen LogP contribution is -2.21. The van der Waals surface area contributed by atoms with E-state index in [1.807, 2.05) is 20.8 Å². The van der Waals surface area contributed by atoms with Crippen LogP contribution in [0.5, 0.6) is 5.75 Å². The second-order valence-corrected chi connectivity index (χ2v) is 9.19. The molecule has 0 saturated heterocycles. The van der Waals surface area contributed by atoms with Crippen LogP contribution < -0.4 is 15.5 Å². The van der Waals surface area contributed by atoms with Gasteiger partial charge < -0.3 is 14.5 Å². The maximum atomic E-state index is 12.3. The van der Waals surface area contributed by atoms with E-state index in [-0.39, 0.29) is 17.6 Å². The Kier molecular flexibility index (Phi) is 8.18. The van der Waals surface area contributed by atoms with Gasteiger partial charge in [0.15, 0.2) is 4.34 Å². The van der Waals surface area contributed by atoms with Crippen molar-refractivity contribution < 1.29 is 18.7 Å². The Morgan fingerprint density at radius 3 is 2.56 bits per heavy atom. The molecule has 3 rings (SSSR count). The predicted octanol–water partition coefficient (Wildman–Crippen LogP) is 4.69. The van der Waals surface area contributed by atoms with E-state index in [1.54, 1.807) is 24.3 Å². The van der Waals surface area contributed by atoms with Crippen LogP contribution in [0.3, 0.4) is 0 Å². The summed E-state index contributed by atoms with van der Waals surface area (Å²) >= 11 is 2.57. The highest BCUT2D eigenvalue weighted by molar-refractivity contribution is 8.00. The molecule has 10 heteroatoms. The lowest BCUT2D eigenvalue weighted by atomic mass is 10.0. The van der Waals surface area contributed by atoms with Crippen molar-refractivity contribution in [3.05, 3.63) is 63.7 Å². The first-order valence-corrected chi connectivity index (χ1v) is 11.9. The molecule has 0 saturated carbocycles. The number of rotatable bonds is 9. The summed E-state index contributed by atoms with van der Waals surface area (Å²) in [7, 11) is 0. The number of thioether (sulfide) groups is 1. The zero-order valence-corrected chi connectivity index (χ0v) is 19.5. The number of nitrogens with one attached hydrogen (secondary N) is 1. The van der Waals surface area contributed by atoms with Gasteiger partial charge in [-0.3, -0.25) is 9.59 Å². The predicted molar refractivity (Wildman–Crippen MR) is 123 cm³/mol. The fourth-order valence-electron chi connectivity index (χ4n) is 2.76. The Morgan fingerprint density at radius 2 is 1.91 bits per heavy atom. The number of nitrogens with zero attached hydrogens (tertiary/aromatic N) is 2. The molecule has 0 spiro atoms. The van der Waals surface area contributed by atoms with Gasteiger partial charge >= 0.3 is 5.97 Å². The maximum absolute atomic E-state index is 12.3. The van der Waals surface area contributed by atoms with Gasteiger partial charge in [0, 0.05) is 12.0 Å². The third-order valence-electron chi connectivity index (χ3n) is 4.67. The van der Waals surface area contributed by atoms with E-state index in [9.17, 15) is 14.4 Å². The van der Waals surface area contributed by atoms with E-state index in [2.05, 4.69) is 15.5 Å². The molecule has 0 atom stereocenters. The first kappa shape index (κ1) is 23.7. The molecule has 168 valence electrons. The smallest absolute Gasteiger partial charge is 0.343 e. The van der Waals surface area contributed by atoms with E-state index in [4.69, 9.17) is 9.15 Å². The van der Waals surface area contributed by atoms with Crippen molar-refractivity contribution in [3.8, 4) is 5.75 Å². The molecule has 8 nitrogen and oxygen atoms in total. The summed E-state index contributed by atoms with van der Waals surface area (Å²) in [6.45, 7) is 5.85. The highest BCUT2D eigenvalue weighted by atomic mass is 32.2. The Labute approximate surface area is 193 Å². The Balaban J connectivity index is 1.56. The molecule has 2 aromatic heterocycles. The summed E-state index contributed by atoms with van der Waals surface area (Å²) in [6.07, 6.45) is 2.65. The van der Waals surface area contributed by atoms with Crippen molar-refractivity contribution in [1.82, 2.24) is 10.2 Å². The summed E-state index contributed by atoms with van der Waals surface area (Å²) < 4.78 is 11.2. The number of aromatic nitrogens is 2. The van der Waals surface area contributed by atoms with Gasteiger partial charge in [-0.2, -0.15) is 0 Å². The summed E-state index contributed by atoms with van der Waals surface area (Å²) in [4.78, 5) is 36.6. The van der Waals surface area contributed by atoms with Gasteiger partial charge in [0.1, 0.15) is 12.0 Å². The normalized spacial score (nSPS) is 10.9. The number of anilines is 1. The standard InChI is InChI=1S/C22H23N3O5S2/c1-4-14(5-2)19(27)23-21-24-25-22(32-21)31-12-16-10-17(26)18(11-29-16)30-20(28)15-8-6-13(3)7-9-15/h6-11,14H,4-5,12H2,1-3H3,(H,23,24,27). The van der Waals surface area contributed by atoms with Gasteiger partial charge in [0.05, 0.1) is 11.3 Å². The van der Waals surface area contributed by atoms with E-state index in [0.717, 1.165) is 24.7 Å². The van der Waals surface area contributed by atoms with Gasteiger partial charge in [-0.1, -0.05) is 54.6 Å². The third kappa shape index (κ3) is 6.27. The van der Waals surface area contributed by atoms with Crippen LogP contribution >= 0.6 is 23.1 Å². The number of benzene rings is 1. The number of amides is 1. The third-order valence-corrected chi connectivity index (χ3v) is 6.67. The van der Waals surface area contributed by atoms with Crippen molar-refractivity contribution in [2.75, 3.05) is 5.32 Å². The highest BCUT2D eigenvalue weighted by Crippen LogP contribution is 2.28. The van der Waals surface area contributed by atoms with Crippen LogP contribution in [-0.2, 0) is 10.5 Å². The summed E-state index contributed by atoms with van der Waals surface area (Å²) in [5.41, 5.74) is 0.902. The highest BCUT2D eigenvalue weighted by Gasteiger charge is 2.17. The number of hydrogen-bond acceptors (Lipinski definition) is 9. The summed E-state index contributed by atoms with van der Waals surface area (Å²) in [5, 5.41) is 11.2. The monoisotopic (exact) mass is 473 g/mol. The van der Waals surface area contributed by atoms with E-state index >= 15 is 0 Å². The first-order valence-electron chi connectivity index (χ1n) is 10.1. The molecule has 0 aliphatic heterocycles. The molecule has 0 radical (unpaired) electrons. The van der Waals surface area contributed by atoms with Gasteiger partial charge in [0.2, 0.25) is 22.2 Å². The lowest BCUT2D eigenvalue weighted by Gasteiger charge is -2.09. The van der Waals surface area contributed by atoms with Crippen LogP contribution in [0.4, 0.5) is 5.13 Å². The number of aryl methyl sites for hydroxylation is 1. The molecular formula is C22H23N3O5S2. The van der Waals surface area contributed by atoms with Crippen molar-refractivity contribution in [1.29, 1.82) is 0 Å². The topological polar surface area (TPSA) is 111 Å². The number of ether oxygens (including phenoxy) is 1. The van der Waals surface area contributed by atoms with Crippen molar-refractivity contribution in [3.63, 3.8) is 0 Å². The molecule has 3 aromatic rings. The van der Waals surface area contributed by atoms with Gasteiger partial charge in [0.25, 0.3) is 0 Å². The average Bonchev–Trinajstić information content (AvgIpc) is 3.22. The second kappa shape index (κ2) is 11.1. The molecule has 2 heterocycles. The lowest BCUT2D eigenvalue weighted by molar-refractivity contribution is -0.120. The minimum absolute atomic E-state index is 0.0529. The van der Waals surface area contributed by atoms with Gasteiger partial charge in [-0.05, 0) is 31.9 Å². The van der Waals surface area contributed by atoms with Crippen molar-refractivity contribution >= 4 is 40.1 Å². The fraction of sp³-hybridized carbons (Fsp3) is 0.318. The maximum Gasteiger partial charge on any atom is 0.343 e. The van der Waals surface area contributed by atoms with Gasteiger partial charge in [-0.15, -0.1) is 10.2 Å². The number of carbonyl (C=O) groups excluding carboxylic acids is 2. The minimum Gasteiger partial charge on any atom is -0.464 e. The van der Waals surface area contributed by atoms with Crippen LogP contribution in [0.15, 0.2) is 50.1 Å². The van der Waals surface area contributed by atoms with Crippen LogP contribution in [-0.4, -0.2) is 22.1 Å². The quantitative estimate of drug-likeness (QED) is 0.271. The SMILES string of the molecule is CCC(CC)C(=O)Nc1nnc(SCc2cc(=O)c(OC(=O)c3ccc(C)cc3)co2)s1. The fourth-order valence-corrected chi connectivity index (χ4v) is 4.40. The Hall–Kier alpha value is -2.98. The molecule has 0 bridgehead atoms. The second-order valence-electron chi connectivity index (χ2n) is 6.99. The van der Waals surface area contributed by atoms with E-state index in [0.29, 0.717) is 26.5 Å². The molecule has 1 N–H and O–H groups in total. The van der Waals surface area contributed by atoms with Crippen molar-refractivity contribution in [2.45, 2.75) is 43.7 Å². The molecule has 32 heavy (non-hydrogen) atoms. The molecule has 1 amide bonds. The zero-order valence-electron chi connectivity index (χ0n) is 17.9. The Bertz CT molecular complexity index is 1140. The van der Waals surface area contributed by atoms with Crippen LogP contribution in [0, 0.1) is 12.8 Å². The number of esters is 1. The molecule has 0 fully saturated rings. The molecular weight excluding hydrogens is 450 g/mol. The summed E-state index contributed by atoms with van der Waals surface area (Å²) in [5.74, 6) is -0.195. The molecule has 1 aromatic carbocycles. The minimum atomic E-state index is -0.628.